The summed E-state index contributed by atoms with van der Waals surface area (Å²) in [7, 11) is 9.92. The van der Waals surface area contributed by atoms with Gasteiger partial charge in [-0.3, -0.25) is 58.0 Å². The number of nitrogens with one attached hydrogen (secondary N) is 4. The number of phenolic OH excluding ortho intramolecular Hbond substituents is 8. The molecule has 39 nitrogen and oxygen atoms in total. The van der Waals surface area contributed by atoms with Gasteiger partial charge in [0.1, 0.15) is 99.1 Å². The van der Waals surface area contributed by atoms with Crippen LogP contribution in [-0.2, 0) is 19.2 Å². The van der Waals surface area contributed by atoms with Crippen LogP contribution in [0.25, 0.3) is 89.2 Å². The molecule has 0 atom stereocenters. The number of nitrogens with zero attached hydrogens (tertiary/aromatic N) is 4. The van der Waals surface area contributed by atoms with E-state index in [0.29, 0.717) is 112 Å². The molecule has 8 aromatic carbocycles. The van der Waals surface area contributed by atoms with Crippen LogP contribution >= 0.6 is 0 Å². The average Bonchev–Trinajstić information content (AvgIpc) is 0.773. The summed E-state index contributed by atoms with van der Waals surface area (Å²) in [6, 6.07) is 30.9. The maximum Gasteiger partial charge on any atom is 0.234 e. The number of amides is 4. The fourth-order valence-corrected chi connectivity index (χ4v) is 14.6. The fourth-order valence-electron chi connectivity index (χ4n) is 14.6. The van der Waals surface area contributed by atoms with Crippen LogP contribution in [0.5, 0.6) is 109 Å². The van der Waals surface area contributed by atoms with E-state index in [1.807, 2.05) is 19.6 Å². The number of carbonyl (C=O) groups is 4. The molecule has 684 valence electrons. The summed E-state index contributed by atoms with van der Waals surface area (Å²) >= 11 is 0. The summed E-state index contributed by atoms with van der Waals surface area (Å²) < 4.78 is 83.6. The highest BCUT2D eigenvalue weighted by atomic mass is 16.5. The summed E-state index contributed by atoms with van der Waals surface area (Å²) in [6.07, 6.45) is 0. The lowest BCUT2D eigenvalue weighted by molar-refractivity contribution is -0.125. The Morgan fingerprint density at radius 1 is 0.285 bits per heavy atom. The molecule has 4 fully saturated rings. The van der Waals surface area contributed by atoms with Crippen LogP contribution in [0.15, 0.2) is 164 Å². The predicted octanol–water partition coefficient (Wildman–Crippen LogP) is 6.79. The number of aromatic hydroxyl groups is 8. The molecule has 39 heteroatoms. The molecule has 12 N–H and O–H groups in total. The van der Waals surface area contributed by atoms with Gasteiger partial charge in [0.2, 0.25) is 46.6 Å². The highest BCUT2D eigenvalue weighted by Gasteiger charge is 2.29. The predicted molar refractivity (Wildman–Crippen MR) is 471 cm³/mol. The number of methoxy groups -OCH3 is 7. The lowest BCUT2D eigenvalue weighted by atomic mass is 10.1. The lowest BCUT2D eigenvalue weighted by Gasteiger charge is -2.26. The zero-order valence-electron chi connectivity index (χ0n) is 71.5. The van der Waals surface area contributed by atoms with Crippen molar-refractivity contribution in [2.24, 2.45) is 0 Å². The minimum Gasteiger partial charge on any atom is -0.508 e. The largest absolute Gasteiger partial charge is 0.508 e. The minimum absolute atomic E-state index is 0.00350. The molecule has 0 radical (unpaired) electrons. The van der Waals surface area contributed by atoms with Gasteiger partial charge in [-0.2, -0.15) is 0 Å². The van der Waals surface area contributed by atoms with Crippen molar-refractivity contribution in [3.8, 4) is 155 Å². The molecule has 4 aliphatic heterocycles. The maximum absolute atomic E-state index is 12.9. The lowest BCUT2D eigenvalue weighted by Crippen LogP contribution is -2.48. The van der Waals surface area contributed by atoms with Crippen molar-refractivity contribution >= 4 is 67.5 Å². The molecular weight excluding hydrogens is 1700 g/mol. The molecule has 12 aromatic rings. The third-order valence-electron chi connectivity index (χ3n) is 21.1. The van der Waals surface area contributed by atoms with Crippen LogP contribution in [0.1, 0.15) is 0 Å². The topological polar surface area (TPSA) is 514 Å². The highest BCUT2D eigenvalue weighted by Crippen LogP contribution is 2.48. The first kappa shape index (κ1) is 92.2. The van der Waals surface area contributed by atoms with E-state index in [-0.39, 0.29) is 222 Å². The zero-order valence-corrected chi connectivity index (χ0v) is 71.5. The second-order valence-corrected chi connectivity index (χ2v) is 29.5. The van der Waals surface area contributed by atoms with Crippen molar-refractivity contribution in [2.45, 2.75) is 0 Å². The molecule has 4 aliphatic rings. The molecule has 4 aromatic heterocycles. The SMILES string of the molecule is COc1c(OCCN2CCNC(=O)C2)cc2oc(-c3ccc(O)c(O)c3)cc(=O)c2c1O.COc1c(OCCN2CCNC(=O)C2)cc2oc(-c3ccc(O)cc3)cc(=O)c2c1O.COc1cc(-c2cc(=O)c3c(O)c(OC)c(OCCN4CCNC(=O)C4)cc3o2)ccc1O.COc1ccc(-c2cc(=O)c3c(O)c(OC)c(OCCN4CCNC(=O)C4)cc3o2)cc1OC. The van der Waals surface area contributed by atoms with E-state index in [1.54, 1.807) is 36.4 Å². The molecule has 8 heterocycles. The van der Waals surface area contributed by atoms with Crippen LogP contribution in [-0.4, -0.2) is 265 Å². The third-order valence-corrected chi connectivity index (χ3v) is 21.1. The van der Waals surface area contributed by atoms with Crippen molar-refractivity contribution < 1.29 is 130 Å². The van der Waals surface area contributed by atoms with Crippen molar-refractivity contribution in [1.29, 1.82) is 0 Å². The highest BCUT2D eigenvalue weighted by molar-refractivity contribution is 5.94. The summed E-state index contributed by atoms with van der Waals surface area (Å²) in [4.78, 5) is 105. The Balaban J connectivity index is 0.000000148. The molecule has 4 amide bonds. The number of benzene rings is 8. The number of phenols is 8. The normalized spacial score (nSPS) is 14.2. The number of hydrogen-bond donors (Lipinski definition) is 12. The maximum atomic E-state index is 12.9. The molecular formula is C91H94N8O31. The minimum atomic E-state index is -0.518. The van der Waals surface area contributed by atoms with Crippen LogP contribution in [0, 0.1) is 0 Å². The number of ether oxygens (including phenoxy) is 11. The first-order chi connectivity index (χ1) is 62.7. The smallest absolute Gasteiger partial charge is 0.234 e. The monoisotopic (exact) mass is 1790 g/mol. The van der Waals surface area contributed by atoms with Crippen molar-refractivity contribution in [2.75, 3.05) is 181 Å². The Morgan fingerprint density at radius 2 is 0.562 bits per heavy atom. The molecule has 0 spiro atoms. The van der Waals surface area contributed by atoms with E-state index in [2.05, 4.69) is 21.3 Å². The van der Waals surface area contributed by atoms with Crippen molar-refractivity contribution in [3.05, 3.63) is 168 Å². The van der Waals surface area contributed by atoms with E-state index >= 15 is 0 Å². The number of carbonyl (C=O) groups excluding carboxylic acids is 4. The summed E-state index contributed by atoms with van der Waals surface area (Å²) in [5.41, 5.74) is 0.639. The van der Waals surface area contributed by atoms with Crippen molar-refractivity contribution in [1.82, 2.24) is 40.9 Å². The van der Waals surface area contributed by atoms with Gasteiger partial charge in [0.15, 0.2) is 102 Å². The van der Waals surface area contributed by atoms with Gasteiger partial charge in [0.25, 0.3) is 0 Å². The van der Waals surface area contributed by atoms with E-state index in [4.69, 9.17) is 69.8 Å². The third kappa shape index (κ3) is 21.4. The average molecular weight is 1800 g/mol. The Bertz CT molecular complexity index is 6470. The van der Waals surface area contributed by atoms with Gasteiger partial charge in [-0.05, 0) is 78.9 Å². The van der Waals surface area contributed by atoms with E-state index < -0.39 is 27.5 Å². The van der Waals surface area contributed by atoms with Crippen molar-refractivity contribution in [3.63, 3.8) is 0 Å². The van der Waals surface area contributed by atoms with Gasteiger partial charge >= 0.3 is 0 Å². The number of hydrogen-bond acceptors (Lipinski definition) is 35. The summed E-state index contributed by atoms with van der Waals surface area (Å²) in [5.74, 6) is 0.791. The molecule has 0 bridgehead atoms. The van der Waals surface area contributed by atoms with Gasteiger partial charge in [-0.1, -0.05) is 0 Å². The first-order valence-electron chi connectivity index (χ1n) is 40.6. The van der Waals surface area contributed by atoms with Gasteiger partial charge in [0, 0.05) is 149 Å². The number of piperazine rings is 4. The summed E-state index contributed by atoms with van der Waals surface area (Å²) in [5, 5.41) is 92.1. The molecule has 130 heavy (non-hydrogen) atoms. The van der Waals surface area contributed by atoms with Gasteiger partial charge in [-0.25, -0.2) is 0 Å². The Morgan fingerprint density at radius 3 is 0.854 bits per heavy atom. The quantitative estimate of drug-likeness (QED) is 0.0236. The Kier molecular flexibility index (Phi) is 29.6. The molecule has 4 saturated heterocycles. The van der Waals surface area contributed by atoms with Gasteiger partial charge in [-0.15, -0.1) is 0 Å². The molecule has 0 saturated carbocycles. The van der Waals surface area contributed by atoms with E-state index in [1.165, 1.54) is 141 Å². The van der Waals surface area contributed by atoms with Crippen LogP contribution in [0.4, 0.5) is 0 Å². The molecule has 16 rings (SSSR count). The first-order valence-corrected chi connectivity index (χ1v) is 40.6. The second kappa shape index (κ2) is 41.8. The van der Waals surface area contributed by atoms with Crippen LogP contribution < -0.4 is 95.1 Å². The van der Waals surface area contributed by atoms with Gasteiger partial charge < -0.3 is 132 Å². The van der Waals surface area contributed by atoms with E-state index in [0.717, 1.165) is 13.1 Å². The molecule has 0 aliphatic carbocycles. The Hall–Kier alpha value is -15.5. The van der Waals surface area contributed by atoms with E-state index in [9.17, 15) is 79.2 Å². The zero-order chi connectivity index (χ0) is 92.6. The van der Waals surface area contributed by atoms with Crippen LogP contribution in [0.3, 0.4) is 0 Å². The van der Waals surface area contributed by atoms with Gasteiger partial charge in [0.05, 0.1) is 75.9 Å². The fraction of sp³-hybridized carbons (Fsp3) is 0.297. The second-order valence-electron chi connectivity index (χ2n) is 29.5. The number of rotatable bonds is 27. The summed E-state index contributed by atoms with van der Waals surface area (Å²) in [6.45, 7) is 9.26. The van der Waals surface area contributed by atoms with Crippen LogP contribution in [0.2, 0.25) is 0 Å². The Labute approximate surface area is 738 Å². The standard InChI is InChI=1S/C24H26N2O8.C23H24N2O8.C22H22N2O8.C22H22N2O7/c1-30-16-5-4-14(10-18(16)31-2)17-11-15(27)22-19(34-17)12-20(24(32-3)23(22)29)33-9-8-26-7-6-25-21(28)13-26;1-30-17-9-13(3-4-14(17)26)16-10-15(27)21-18(33-16)11-19(23(31-2)22(21)29)32-8-7-25-6-5-24-20(28)12-25;1-30-22-18(31-7-6-24-5-4-23-19(28)11-24)10-17-20(21(22)29)15(27)9-16(32-17)12-2-3-13(25)14(26)8-12;1-29-22-18(30-9-8-24-7-6-23-19(27)12-24)11-17-20(21(22)28)15(26)10-16(31-17)13-2-4-14(25)5-3-13/h4-5,10-12,29H,6-9,13H2,1-3H3,(H,25,28);3-4,9-11,26,29H,5-8,12H2,1-2H3,(H,24,28);2-3,8-10,25-26,29H,4-7,11H2,1H3,(H,23,28);2-5,10-11,25,28H,6-9,12H2,1H3,(H,23,27). The number of fused-ring (bicyclic) bond motifs is 4. The molecule has 0 unspecified atom stereocenters.